The van der Waals surface area contributed by atoms with Gasteiger partial charge in [-0.15, -0.1) is 0 Å². The summed E-state index contributed by atoms with van der Waals surface area (Å²) in [6.45, 7) is 16.9. The number of benzene rings is 1. The second-order valence-corrected chi connectivity index (χ2v) is 7.99. The fourth-order valence-corrected chi connectivity index (χ4v) is 2.25. The van der Waals surface area contributed by atoms with E-state index in [-0.39, 0.29) is 11.1 Å². The van der Waals surface area contributed by atoms with Crippen LogP contribution in [0.5, 0.6) is 0 Å². The van der Waals surface area contributed by atoms with Crippen LogP contribution in [0.1, 0.15) is 65.0 Å². The molecule has 0 aliphatic heterocycles. The first kappa shape index (κ1) is 18.2. The molecule has 1 rings (SSSR count). The number of aryl methyl sites for hydroxylation is 1. The second kappa shape index (κ2) is 7.42. The molecular weight excluding hydrogens is 258 g/mol. The molecule has 1 aromatic carbocycles. The zero-order chi connectivity index (χ0) is 16.1. The van der Waals surface area contributed by atoms with Crippen molar-refractivity contribution >= 4 is 0 Å². The molecule has 0 heterocycles. The van der Waals surface area contributed by atoms with Crippen LogP contribution in [0.15, 0.2) is 24.3 Å². The molecule has 2 nitrogen and oxygen atoms in total. The van der Waals surface area contributed by atoms with Gasteiger partial charge in [0.1, 0.15) is 0 Å². The number of nitrogens with one attached hydrogen (secondary N) is 1. The predicted molar refractivity (Wildman–Crippen MR) is 92.0 cm³/mol. The molecule has 0 spiro atoms. The summed E-state index contributed by atoms with van der Waals surface area (Å²) in [6.07, 6.45) is 1.05. The summed E-state index contributed by atoms with van der Waals surface area (Å²) in [5.74, 6) is 0.492. The molecule has 0 radical (unpaired) electrons. The Morgan fingerprint density at radius 3 is 2.29 bits per heavy atom. The summed E-state index contributed by atoms with van der Waals surface area (Å²) in [5.41, 5.74) is 2.82. The molecule has 1 atom stereocenters. The van der Waals surface area contributed by atoms with Crippen LogP contribution in [-0.2, 0) is 4.74 Å². The fraction of sp³-hybridized carbons (Fsp3) is 0.684. The molecule has 0 saturated heterocycles. The molecule has 1 unspecified atom stereocenters. The Hall–Kier alpha value is -0.860. The van der Waals surface area contributed by atoms with Crippen LogP contribution in [0, 0.1) is 6.92 Å². The van der Waals surface area contributed by atoms with Gasteiger partial charge in [-0.2, -0.15) is 0 Å². The van der Waals surface area contributed by atoms with Crippen molar-refractivity contribution in [2.24, 2.45) is 0 Å². The molecule has 120 valence electrons. The molecular formula is C19H33NO. The minimum absolute atomic E-state index is 0.0609. The van der Waals surface area contributed by atoms with Crippen LogP contribution in [0.4, 0.5) is 0 Å². The van der Waals surface area contributed by atoms with E-state index in [1.54, 1.807) is 0 Å². The Morgan fingerprint density at radius 1 is 1.10 bits per heavy atom. The summed E-state index contributed by atoms with van der Waals surface area (Å²) in [5, 5.41) is 3.63. The predicted octanol–water partition coefficient (Wildman–Crippen LogP) is 4.67. The van der Waals surface area contributed by atoms with Crippen molar-refractivity contribution in [1.29, 1.82) is 0 Å². The molecule has 1 aromatic rings. The normalized spacial score (nSPS) is 14.2. The van der Waals surface area contributed by atoms with E-state index in [1.165, 1.54) is 11.1 Å². The maximum atomic E-state index is 5.92. The van der Waals surface area contributed by atoms with Crippen molar-refractivity contribution in [2.45, 2.75) is 71.9 Å². The number of hydrogen-bond donors (Lipinski definition) is 1. The zero-order valence-corrected chi connectivity index (χ0v) is 14.9. The van der Waals surface area contributed by atoms with Crippen molar-refractivity contribution in [3.05, 3.63) is 35.4 Å². The summed E-state index contributed by atoms with van der Waals surface area (Å²) in [6, 6.07) is 8.84. The van der Waals surface area contributed by atoms with E-state index in [0.29, 0.717) is 5.92 Å². The SMILES string of the molecule is Cc1cccc(C(CCOC(C)(C)C)CNC(C)(C)C)c1. The third-order valence-corrected chi connectivity index (χ3v) is 3.39. The van der Waals surface area contributed by atoms with Crippen LogP contribution in [0.2, 0.25) is 0 Å². The van der Waals surface area contributed by atoms with Gasteiger partial charge in [-0.25, -0.2) is 0 Å². The first-order chi connectivity index (χ1) is 9.57. The Kier molecular flexibility index (Phi) is 6.42. The summed E-state index contributed by atoms with van der Waals surface area (Å²) >= 11 is 0. The highest BCUT2D eigenvalue weighted by Gasteiger charge is 2.18. The molecule has 0 saturated carbocycles. The Labute approximate surface area is 131 Å². The lowest BCUT2D eigenvalue weighted by molar-refractivity contribution is -0.00639. The van der Waals surface area contributed by atoms with E-state index >= 15 is 0 Å². The van der Waals surface area contributed by atoms with Crippen molar-refractivity contribution in [2.75, 3.05) is 13.2 Å². The molecule has 0 aliphatic rings. The van der Waals surface area contributed by atoms with Gasteiger partial charge in [0.15, 0.2) is 0 Å². The van der Waals surface area contributed by atoms with Crippen LogP contribution >= 0.6 is 0 Å². The van der Waals surface area contributed by atoms with Crippen molar-refractivity contribution in [1.82, 2.24) is 5.32 Å². The maximum Gasteiger partial charge on any atom is 0.0598 e. The average molecular weight is 291 g/mol. The molecule has 1 N–H and O–H groups in total. The second-order valence-electron chi connectivity index (χ2n) is 7.99. The number of ether oxygens (including phenoxy) is 1. The monoisotopic (exact) mass is 291 g/mol. The van der Waals surface area contributed by atoms with Crippen molar-refractivity contribution in [3.8, 4) is 0 Å². The fourth-order valence-electron chi connectivity index (χ4n) is 2.25. The van der Waals surface area contributed by atoms with Crippen molar-refractivity contribution in [3.63, 3.8) is 0 Å². The number of hydrogen-bond acceptors (Lipinski definition) is 2. The summed E-state index contributed by atoms with van der Waals surface area (Å²) in [4.78, 5) is 0. The largest absolute Gasteiger partial charge is 0.376 e. The molecule has 0 bridgehead atoms. The van der Waals surface area contributed by atoms with Gasteiger partial charge < -0.3 is 10.1 Å². The average Bonchev–Trinajstić information content (AvgIpc) is 2.30. The van der Waals surface area contributed by atoms with E-state index < -0.39 is 0 Å². The quantitative estimate of drug-likeness (QED) is 0.822. The smallest absolute Gasteiger partial charge is 0.0598 e. The third-order valence-electron chi connectivity index (χ3n) is 3.39. The van der Waals surface area contributed by atoms with Gasteiger partial charge in [0.2, 0.25) is 0 Å². The van der Waals surface area contributed by atoms with Gasteiger partial charge in [-0.1, -0.05) is 29.8 Å². The van der Waals surface area contributed by atoms with Crippen LogP contribution in [0.25, 0.3) is 0 Å². The highest BCUT2D eigenvalue weighted by molar-refractivity contribution is 5.25. The maximum absolute atomic E-state index is 5.92. The first-order valence-corrected chi connectivity index (χ1v) is 8.02. The number of rotatable bonds is 6. The Morgan fingerprint density at radius 2 is 1.76 bits per heavy atom. The third kappa shape index (κ3) is 8.23. The summed E-state index contributed by atoms with van der Waals surface area (Å²) < 4.78 is 5.92. The van der Waals surface area contributed by atoms with Crippen LogP contribution in [-0.4, -0.2) is 24.3 Å². The van der Waals surface area contributed by atoms with E-state index in [4.69, 9.17) is 4.74 Å². The summed E-state index contributed by atoms with van der Waals surface area (Å²) in [7, 11) is 0. The van der Waals surface area contributed by atoms with E-state index in [2.05, 4.69) is 78.0 Å². The van der Waals surface area contributed by atoms with Gasteiger partial charge in [-0.3, -0.25) is 0 Å². The topological polar surface area (TPSA) is 21.3 Å². The lowest BCUT2D eigenvalue weighted by Crippen LogP contribution is -2.39. The van der Waals surface area contributed by atoms with Crippen LogP contribution < -0.4 is 5.32 Å². The molecule has 0 fully saturated rings. The standard InChI is InChI=1S/C19H33NO/c1-15-9-8-10-16(13-15)17(14-20-18(2,3)4)11-12-21-19(5,6)7/h8-10,13,17,20H,11-12,14H2,1-7H3. The van der Waals surface area contributed by atoms with E-state index in [1.807, 2.05) is 0 Å². The lowest BCUT2D eigenvalue weighted by atomic mass is 9.93. The molecule has 0 aliphatic carbocycles. The molecule has 0 aromatic heterocycles. The van der Waals surface area contributed by atoms with E-state index in [9.17, 15) is 0 Å². The lowest BCUT2D eigenvalue weighted by Gasteiger charge is -2.27. The van der Waals surface area contributed by atoms with Gasteiger partial charge >= 0.3 is 0 Å². The highest BCUT2D eigenvalue weighted by Crippen LogP contribution is 2.22. The molecule has 2 heteroatoms. The zero-order valence-electron chi connectivity index (χ0n) is 14.9. The molecule has 0 amide bonds. The highest BCUT2D eigenvalue weighted by atomic mass is 16.5. The van der Waals surface area contributed by atoms with Crippen LogP contribution in [0.3, 0.4) is 0 Å². The molecule has 21 heavy (non-hydrogen) atoms. The van der Waals surface area contributed by atoms with Crippen molar-refractivity contribution < 1.29 is 4.74 Å². The Balaban J connectivity index is 2.70. The Bertz CT molecular complexity index is 426. The van der Waals surface area contributed by atoms with Gasteiger partial charge in [0.25, 0.3) is 0 Å². The van der Waals surface area contributed by atoms with E-state index in [0.717, 1.165) is 19.6 Å². The van der Waals surface area contributed by atoms with Gasteiger partial charge in [0.05, 0.1) is 5.60 Å². The first-order valence-electron chi connectivity index (χ1n) is 8.02. The minimum Gasteiger partial charge on any atom is -0.376 e. The van der Waals surface area contributed by atoms with Gasteiger partial charge in [-0.05, 0) is 66.4 Å². The minimum atomic E-state index is -0.0609. The van der Waals surface area contributed by atoms with Gasteiger partial charge in [0, 0.05) is 18.7 Å².